The molecule has 0 spiro atoms. The van der Waals surface area contributed by atoms with Crippen molar-refractivity contribution < 1.29 is 0 Å². The second-order valence-electron chi connectivity index (χ2n) is 3.54. The average molecular weight is 249 g/mol. The largest absolute Gasteiger partial charge is 0.330 e. The van der Waals surface area contributed by atoms with Crippen molar-refractivity contribution in [3.05, 3.63) is 34.3 Å². The first-order valence-corrected chi connectivity index (χ1v) is 5.24. The molecule has 0 bridgehead atoms. The molecule has 0 fully saturated rings. The summed E-state index contributed by atoms with van der Waals surface area (Å²) in [6.07, 6.45) is 1.89. The molecule has 2 nitrogen and oxygen atoms in total. The van der Waals surface area contributed by atoms with Crippen LogP contribution in [0.2, 0.25) is 5.02 Å². The molecule has 0 saturated carbocycles. The molecule has 1 atom stereocenters. The first kappa shape index (κ1) is 14.7. The molecule has 0 saturated heterocycles. The average Bonchev–Trinajstić information content (AvgIpc) is 2.14. The summed E-state index contributed by atoms with van der Waals surface area (Å²) in [5.41, 5.74) is 13.8. The van der Waals surface area contributed by atoms with Crippen molar-refractivity contribution in [3.63, 3.8) is 0 Å². The normalized spacial score (nSPS) is 12.0. The van der Waals surface area contributed by atoms with Crippen LogP contribution in [0.25, 0.3) is 0 Å². The van der Waals surface area contributed by atoms with Crippen LogP contribution in [0, 0.1) is 6.92 Å². The highest BCUT2D eigenvalue weighted by Crippen LogP contribution is 2.22. The van der Waals surface area contributed by atoms with Crippen LogP contribution in [0.5, 0.6) is 0 Å². The number of nitrogens with two attached hydrogens (primary N) is 2. The van der Waals surface area contributed by atoms with Crippen molar-refractivity contribution in [1.82, 2.24) is 0 Å². The Labute approximate surface area is 102 Å². The van der Waals surface area contributed by atoms with Gasteiger partial charge in [-0.25, -0.2) is 0 Å². The van der Waals surface area contributed by atoms with Crippen molar-refractivity contribution in [2.75, 3.05) is 6.54 Å². The van der Waals surface area contributed by atoms with Gasteiger partial charge in [0.25, 0.3) is 0 Å². The number of aryl methyl sites for hydroxylation is 1. The fourth-order valence-electron chi connectivity index (χ4n) is 1.55. The maximum Gasteiger partial charge on any atom is 0.0408 e. The van der Waals surface area contributed by atoms with Gasteiger partial charge in [0.15, 0.2) is 0 Å². The topological polar surface area (TPSA) is 52.0 Å². The summed E-state index contributed by atoms with van der Waals surface area (Å²) in [6.45, 7) is 2.73. The van der Waals surface area contributed by atoms with E-state index in [1.807, 2.05) is 25.1 Å². The minimum Gasteiger partial charge on any atom is -0.330 e. The molecule has 0 heterocycles. The van der Waals surface area contributed by atoms with Crippen LogP contribution in [-0.4, -0.2) is 6.54 Å². The Kier molecular flexibility index (Phi) is 6.94. The molecule has 1 rings (SSSR count). The first-order chi connectivity index (χ1) is 6.65. The van der Waals surface area contributed by atoms with Crippen molar-refractivity contribution in [2.45, 2.75) is 25.8 Å². The highest BCUT2D eigenvalue weighted by atomic mass is 35.5. The zero-order chi connectivity index (χ0) is 10.6. The molecule has 0 aliphatic rings. The van der Waals surface area contributed by atoms with E-state index in [4.69, 9.17) is 23.1 Å². The van der Waals surface area contributed by atoms with Gasteiger partial charge in [0.1, 0.15) is 0 Å². The number of hydrogen-bond acceptors (Lipinski definition) is 2. The maximum atomic E-state index is 6.03. The van der Waals surface area contributed by atoms with Gasteiger partial charge in [-0.1, -0.05) is 17.7 Å². The molecule has 86 valence electrons. The number of benzene rings is 1. The fraction of sp³-hybridized carbons (Fsp3) is 0.455. The van der Waals surface area contributed by atoms with E-state index in [1.165, 1.54) is 5.56 Å². The van der Waals surface area contributed by atoms with Crippen LogP contribution in [-0.2, 0) is 0 Å². The summed E-state index contributed by atoms with van der Waals surface area (Å²) >= 11 is 5.87. The summed E-state index contributed by atoms with van der Waals surface area (Å²) in [5.74, 6) is 0. The molecule has 15 heavy (non-hydrogen) atoms. The molecule has 4 heteroatoms. The van der Waals surface area contributed by atoms with E-state index in [2.05, 4.69) is 0 Å². The van der Waals surface area contributed by atoms with E-state index >= 15 is 0 Å². The molecule has 0 unspecified atom stereocenters. The van der Waals surface area contributed by atoms with Gasteiger partial charge in [0.05, 0.1) is 0 Å². The SMILES string of the molecule is Cc1cc(Cl)ccc1[C@@H](N)CCCN.Cl. The van der Waals surface area contributed by atoms with E-state index in [1.54, 1.807) is 0 Å². The lowest BCUT2D eigenvalue weighted by molar-refractivity contribution is 0.615. The molecular formula is C11H18Cl2N2. The summed E-state index contributed by atoms with van der Waals surface area (Å²) in [5, 5.41) is 0.761. The lowest BCUT2D eigenvalue weighted by atomic mass is 9.98. The molecule has 1 aromatic carbocycles. The Bertz CT molecular complexity index is 303. The molecule has 4 N–H and O–H groups in total. The van der Waals surface area contributed by atoms with Crippen LogP contribution in [0.1, 0.15) is 30.0 Å². The van der Waals surface area contributed by atoms with Crippen LogP contribution in [0.3, 0.4) is 0 Å². The second-order valence-corrected chi connectivity index (χ2v) is 3.97. The summed E-state index contributed by atoms with van der Waals surface area (Å²) in [6, 6.07) is 5.90. The third kappa shape index (κ3) is 4.39. The van der Waals surface area contributed by atoms with E-state index < -0.39 is 0 Å². The molecule has 0 aromatic heterocycles. The van der Waals surface area contributed by atoms with Gasteiger partial charge in [0.2, 0.25) is 0 Å². The van der Waals surface area contributed by atoms with Crippen molar-refractivity contribution in [2.24, 2.45) is 11.5 Å². The first-order valence-electron chi connectivity index (χ1n) is 4.87. The van der Waals surface area contributed by atoms with E-state index in [9.17, 15) is 0 Å². The third-order valence-corrected chi connectivity index (χ3v) is 2.59. The fourth-order valence-corrected chi connectivity index (χ4v) is 1.78. The Hall–Kier alpha value is -0.280. The third-order valence-electron chi connectivity index (χ3n) is 2.35. The van der Waals surface area contributed by atoms with Crippen LogP contribution in [0.15, 0.2) is 18.2 Å². The molecule has 0 radical (unpaired) electrons. The molecule has 0 amide bonds. The lowest BCUT2D eigenvalue weighted by Gasteiger charge is -2.14. The van der Waals surface area contributed by atoms with Crippen molar-refractivity contribution in [1.29, 1.82) is 0 Å². The van der Waals surface area contributed by atoms with E-state index in [0.29, 0.717) is 6.54 Å². The van der Waals surface area contributed by atoms with Crippen LogP contribution >= 0.6 is 24.0 Å². The van der Waals surface area contributed by atoms with Gasteiger partial charge in [0, 0.05) is 11.1 Å². The number of rotatable bonds is 4. The van der Waals surface area contributed by atoms with Crippen molar-refractivity contribution in [3.8, 4) is 0 Å². The molecule has 1 aromatic rings. The van der Waals surface area contributed by atoms with Crippen LogP contribution in [0.4, 0.5) is 0 Å². The Morgan fingerprint density at radius 3 is 2.60 bits per heavy atom. The van der Waals surface area contributed by atoms with Crippen LogP contribution < -0.4 is 11.5 Å². The monoisotopic (exact) mass is 248 g/mol. The predicted molar refractivity (Wildman–Crippen MR) is 68.7 cm³/mol. The summed E-state index contributed by atoms with van der Waals surface area (Å²) in [4.78, 5) is 0. The van der Waals surface area contributed by atoms with E-state index in [0.717, 1.165) is 23.4 Å². The number of halogens is 2. The Morgan fingerprint density at radius 1 is 1.40 bits per heavy atom. The van der Waals surface area contributed by atoms with E-state index in [-0.39, 0.29) is 18.4 Å². The lowest BCUT2D eigenvalue weighted by Crippen LogP contribution is -2.13. The maximum absolute atomic E-state index is 6.03. The Balaban J connectivity index is 0.00000196. The molecule has 0 aliphatic heterocycles. The minimum absolute atomic E-state index is 0. The van der Waals surface area contributed by atoms with Gasteiger partial charge < -0.3 is 11.5 Å². The van der Waals surface area contributed by atoms with Crippen molar-refractivity contribution >= 4 is 24.0 Å². The molecule has 0 aliphatic carbocycles. The quantitative estimate of drug-likeness (QED) is 0.862. The smallest absolute Gasteiger partial charge is 0.0408 e. The highest BCUT2D eigenvalue weighted by molar-refractivity contribution is 6.30. The number of hydrogen-bond donors (Lipinski definition) is 2. The van der Waals surface area contributed by atoms with Gasteiger partial charge in [-0.05, 0) is 49.6 Å². The molecular weight excluding hydrogens is 231 g/mol. The van der Waals surface area contributed by atoms with Gasteiger partial charge in [-0.15, -0.1) is 12.4 Å². The standard InChI is InChI=1S/C11H17ClN2.ClH/c1-8-7-9(12)4-5-10(8)11(14)3-2-6-13;/h4-5,7,11H,2-3,6,13-14H2,1H3;1H/t11-;/m0./s1. The van der Waals surface area contributed by atoms with Gasteiger partial charge in [-0.3, -0.25) is 0 Å². The zero-order valence-electron chi connectivity index (χ0n) is 8.87. The zero-order valence-corrected chi connectivity index (χ0v) is 10.4. The highest BCUT2D eigenvalue weighted by Gasteiger charge is 2.08. The van der Waals surface area contributed by atoms with Gasteiger partial charge in [-0.2, -0.15) is 0 Å². The predicted octanol–water partition coefficient (Wildman–Crippen LogP) is 2.81. The second kappa shape index (κ2) is 7.07. The minimum atomic E-state index is 0. The van der Waals surface area contributed by atoms with Gasteiger partial charge >= 0.3 is 0 Å². The summed E-state index contributed by atoms with van der Waals surface area (Å²) < 4.78 is 0. The Morgan fingerprint density at radius 2 is 2.07 bits per heavy atom. The summed E-state index contributed by atoms with van der Waals surface area (Å²) in [7, 11) is 0.